The van der Waals surface area contributed by atoms with E-state index in [0.29, 0.717) is 5.92 Å². The molecular formula is C29H30N4. The van der Waals surface area contributed by atoms with Gasteiger partial charge in [0.15, 0.2) is 0 Å². The van der Waals surface area contributed by atoms with Crippen LogP contribution in [0.1, 0.15) is 32.8 Å². The third-order valence-corrected chi connectivity index (χ3v) is 6.18. The maximum Gasteiger partial charge on any atom is 0.132 e. The molecule has 4 heteroatoms. The molecule has 0 saturated heterocycles. The fourth-order valence-corrected chi connectivity index (χ4v) is 4.39. The van der Waals surface area contributed by atoms with Crippen LogP contribution in [0.3, 0.4) is 0 Å². The zero-order chi connectivity index (χ0) is 22.8. The van der Waals surface area contributed by atoms with Crippen molar-refractivity contribution >= 4 is 39.0 Å². The number of H-pyrrole nitrogens is 1. The highest BCUT2D eigenvalue weighted by molar-refractivity contribution is 6.11. The van der Waals surface area contributed by atoms with Crippen LogP contribution in [0, 0.1) is 5.92 Å². The number of aromatic amines is 1. The van der Waals surface area contributed by atoms with E-state index in [0.717, 1.165) is 35.7 Å². The van der Waals surface area contributed by atoms with Crippen LogP contribution in [0.5, 0.6) is 0 Å². The lowest BCUT2D eigenvalue weighted by Crippen LogP contribution is -2.13. The van der Waals surface area contributed by atoms with Crippen LogP contribution in [0.2, 0.25) is 0 Å². The highest BCUT2D eigenvalue weighted by atomic mass is 15.5. The Labute approximate surface area is 195 Å². The molecule has 4 nitrogen and oxygen atoms in total. The molecule has 2 heterocycles. The van der Waals surface area contributed by atoms with E-state index in [2.05, 4.69) is 84.9 Å². The molecule has 0 radical (unpaired) electrons. The highest BCUT2D eigenvalue weighted by Crippen LogP contribution is 2.31. The molecule has 0 bridgehead atoms. The summed E-state index contributed by atoms with van der Waals surface area (Å²) in [6.45, 7) is 7.68. The van der Waals surface area contributed by atoms with Crippen molar-refractivity contribution in [3.8, 4) is 0 Å². The van der Waals surface area contributed by atoms with Crippen molar-refractivity contribution in [2.75, 3.05) is 5.01 Å². The lowest BCUT2D eigenvalue weighted by Gasteiger charge is -2.19. The van der Waals surface area contributed by atoms with Gasteiger partial charge in [-0.05, 0) is 67.3 Å². The summed E-state index contributed by atoms with van der Waals surface area (Å²) in [4.78, 5) is 3.29. The van der Waals surface area contributed by atoms with Gasteiger partial charge in [0, 0.05) is 34.5 Å². The van der Waals surface area contributed by atoms with Gasteiger partial charge in [0.25, 0.3) is 0 Å². The molecule has 5 rings (SSSR count). The minimum Gasteiger partial charge on any atom is -0.347 e. The van der Waals surface area contributed by atoms with Crippen molar-refractivity contribution in [3.05, 3.63) is 96.7 Å². The Kier molecular flexibility index (Phi) is 5.74. The maximum absolute atomic E-state index is 5.02. The van der Waals surface area contributed by atoms with E-state index in [1.807, 2.05) is 41.5 Å². The minimum atomic E-state index is 0.673. The Hall–Kier alpha value is -3.79. The quantitative estimate of drug-likeness (QED) is 0.206. The number of nitrogens with one attached hydrogen (secondary N) is 1. The molecule has 0 fully saturated rings. The molecule has 0 saturated carbocycles. The molecule has 3 aromatic carbocycles. The van der Waals surface area contributed by atoms with Crippen molar-refractivity contribution in [3.63, 3.8) is 0 Å². The van der Waals surface area contributed by atoms with Crippen LogP contribution in [0.25, 0.3) is 21.8 Å². The second kappa shape index (κ2) is 8.99. The molecular weight excluding hydrogens is 404 g/mol. The molecule has 0 spiro atoms. The topological polar surface area (TPSA) is 36.3 Å². The van der Waals surface area contributed by atoms with Crippen molar-refractivity contribution in [2.45, 2.75) is 33.7 Å². The lowest BCUT2D eigenvalue weighted by atomic mass is 10.1. The van der Waals surface area contributed by atoms with Crippen molar-refractivity contribution in [1.29, 1.82) is 0 Å². The van der Waals surface area contributed by atoms with E-state index in [-0.39, 0.29) is 0 Å². The van der Waals surface area contributed by atoms with Gasteiger partial charge in [-0.25, -0.2) is 5.01 Å². The van der Waals surface area contributed by atoms with E-state index in [9.17, 15) is 0 Å². The largest absolute Gasteiger partial charge is 0.347 e. The molecule has 5 aromatic rings. The predicted octanol–water partition coefficient (Wildman–Crippen LogP) is 7.73. The second-order valence-corrected chi connectivity index (χ2v) is 8.97. The zero-order valence-electron chi connectivity index (χ0n) is 19.5. The molecule has 2 aromatic heterocycles. The van der Waals surface area contributed by atoms with Crippen molar-refractivity contribution in [2.24, 2.45) is 11.0 Å². The van der Waals surface area contributed by atoms with Gasteiger partial charge in [-0.15, -0.1) is 0 Å². The minimum absolute atomic E-state index is 0.673. The van der Waals surface area contributed by atoms with Gasteiger partial charge in [0.05, 0.1) is 11.4 Å². The molecule has 0 unspecified atom stereocenters. The van der Waals surface area contributed by atoms with E-state index >= 15 is 0 Å². The van der Waals surface area contributed by atoms with Crippen molar-refractivity contribution < 1.29 is 0 Å². The van der Waals surface area contributed by atoms with Gasteiger partial charge in [0.1, 0.15) is 5.82 Å². The Morgan fingerprint density at radius 1 is 0.879 bits per heavy atom. The van der Waals surface area contributed by atoms with Crippen LogP contribution in [0.15, 0.2) is 96.2 Å². The second-order valence-electron chi connectivity index (χ2n) is 8.97. The number of aryl methyl sites for hydroxylation is 1. The number of hydrogen-bond acceptors (Lipinski definition) is 2. The SMILES string of the molecule is CC(=NN(c1ccccc1)c1ccc[nH]1)c1ccc2c(c1)c1ccccc1n2CCC(C)C. The number of aromatic nitrogens is 2. The summed E-state index contributed by atoms with van der Waals surface area (Å²) >= 11 is 0. The summed E-state index contributed by atoms with van der Waals surface area (Å²) < 4.78 is 2.47. The first-order valence-electron chi connectivity index (χ1n) is 11.7. The standard InChI is InChI=1S/C29H30N4/c1-21(2)17-19-32-27-13-8-7-12-25(27)26-20-23(15-16-28(26)32)22(3)31-33(29-14-9-18-30-29)24-10-5-4-6-11-24/h4-16,18,20-21,30H,17,19H2,1-3H3. The highest BCUT2D eigenvalue weighted by Gasteiger charge is 2.14. The van der Waals surface area contributed by atoms with E-state index in [4.69, 9.17) is 5.10 Å². The predicted molar refractivity (Wildman–Crippen MR) is 140 cm³/mol. The van der Waals surface area contributed by atoms with Crippen LogP contribution >= 0.6 is 0 Å². The summed E-state index contributed by atoms with van der Waals surface area (Å²) in [5.74, 6) is 1.61. The number of nitrogens with zero attached hydrogens (tertiary/aromatic N) is 3. The Balaban J connectivity index is 1.59. The molecule has 0 aliphatic carbocycles. The van der Waals surface area contributed by atoms with E-state index in [1.165, 1.54) is 21.8 Å². The van der Waals surface area contributed by atoms with Crippen molar-refractivity contribution in [1.82, 2.24) is 9.55 Å². The fourth-order valence-electron chi connectivity index (χ4n) is 4.39. The smallest absolute Gasteiger partial charge is 0.132 e. The third kappa shape index (κ3) is 4.17. The number of rotatable bonds is 7. The van der Waals surface area contributed by atoms with Gasteiger partial charge in [-0.2, -0.15) is 5.10 Å². The normalized spacial score (nSPS) is 12.2. The first-order valence-corrected chi connectivity index (χ1v) is 11.7. The molecule has 0 atom stereocenters. The molecule has 33 heavy (non-hydrogen) atoms. The summed E-state index contributed by atoms with van der Waals surface area (Å²) in [7, 11) is 0. The van der Waals surface area contributed by atoms with Crippen LogP contribution in [0.4, 0.5) is 11.5 Å². The van der Waals surface area contributed by atoms with Crippen LogP contribution in [-0.2, 0) is 6.54 Å². The average Bonchev–Trinajstić information content (AvgIpc) is 3.48. The number of fused-ring (bicyclic) bond motifs is 3. The number of hydrogen-bond donors (Lipinski definition) is 1. The van der Waals surface area contributed by atoms with Gasteiger partial charge < -0.3 is 9.55 Å². The number of benzene rings is 3. The van der Waals surface area contributed by atoms with Gasteiger partial charge in [0.2, 0.25) is 0 Å². The van der Waals surface area contributed by atoms with Gasteiger partial charge in [-0.3, -0.25) is 0 Å². The molecule has 0 aliphatic rings. The Morgan fingerprint density at radius 3 is 2.39 bits per heavy atom. The van der Waals surface area contributed by atoms with Gasteiger partial charge in [-0.1, -0.05) is 56.3 Å². The molecule has 0 aliphatic heterocycles. The summed E-state index contributed by atoms with van der Waals surface area (Å²) in [6, 6.07) is 29.7. The van der Waals surface area contributed by atoms with Crippen LogP contribution in [-0.4, -0.2) is 15.3 Å². The van der Waals surface area contributed by atoms with Crippen LogP contribution < -0.4 is 5.01 Å². The maximum atomic E-state index is 5.02. The molecule has 166 valence electrons. The first-order chi connectivity index (χ1) is 16.1. The molecule has 0 amide bonds. The average molecular weight is 435 g/mol. The monoisotopic (exact) mass is 434 g/mol. The summed E-state index contributed by atoms with van der Waals surface area (Å²) in [5, 5.41) is 9.57. The Morgan fingerprint density at radius 2 is 1.64 bits per heavy atom. The molecule has 1 N–H and O–H groups in total. The van der Waals surface area contributed by atoms with Gasteiger partial charge >= 0.3 is 0 Å². The zero-order valence-corrected chi connectivity index (χ0v) is 19.5. The third-order valence-electron chi connectivity index (χ3n) is 6.18. The first kappa shape index (κ1) is 21.1. The lowest BCUT2D eigenvalue weighted by molar-refractivity contribution is 0.531. The number of hydrazone groups is 1. The van der Waals surface area contributed by atoms with E-state index in [1.54, 1.807) is 0 Å². The van der Waals surface area contributed by atoms with E-state index < -0.39 is 0 Å². The number of anilines is 2. The fraction of sp³-hybridized carbons (Fsp3) is 0.207. The number of para-hydroxylation sites is 2. The summed E-state index contributed by atoms with van der Waals surface area (Å²) in [5.41, 5.74) is 5.71. The summed E-state index contributed by atoms with van der Waals surface area (Å²) in [6.07, 6.45) is 3.09. The Bertz CT molecular complexity index is 1390.